The number of nitrogens with one attached hydrogen (secondary N) is 1. The van der Waals surface area contributed by atoms with Crippen molar-refractivity contribution in [1.29, 1.82) is 0 Å². The Hall–Kier alpha value is -3.12. The highest BCUT2D eigenvalue weighted by molar-refractivity contribution is 7.92. The van der Waals surface area contributed by atoms with Gasteiger partial charge in [0, 0.05) is 23.8 Å². The van der Waals surface area contributed by atoms with Crippen LogP contribution in [-0.4, -0.2) is 53.8 Å². The van der Waals surface area contributed by atoms with Gasteiger partial charge in [-0.25, -0.2) is 16.8 Å². The Labute approximate surface area is 240 Å². The summed E-state index contributed by atoms with van der Waals surface area (Å²) in [5.74, 6) is -0.511. The van der Waals surface area contributed by atoms with Crippen molar-refractivity contribution in [1.82, 2.24) is 4.31 Å². The second kappa shape index (κ2) is 12.2. The lowest BCUT2D eigenvalue weighted by Crippen LogP contribution is -2.38. The van der Waals surface area contributed by atoms with E-state index in [0.717, 1.165) is 29.1 Å². The number of rotatable bonds is 9. The molecule has 0 unspecified atom stereocenters. The molecule has 0 bridgehead atoms. The number of hydrogen-bond acceptors (Lipinski definition) is 6. The van der Waals surface area contributed by atoms with Gasteiger partial charge in [0.05, 0.1) is 17.7 Å². The Morgan fingerprint density at radius 2 is 1.62 bits per heavy atom. The molecule has 1 N–H and O–H groups in total. The third-order valence-corrected chi connectivity index (χ3v) is 10.6. The summed E-state index contributed by atoms with van der Waals surface area (Å²) in [4.78, 5) is 13.3. The fraction of sp³-hybridized carbons (Fsp3) is 0.321. The molecular formula is C28H32ClN3O6S2. The molecule has 1 saturated heterocycles. The van der Waals surface area contributed by atoms with Crippen LogP contribution in [0.3, 0.4) is 0 Å². The average Bonchev–Trinajstić information content (AvgIpc) is 2.93. The predicted molar refractivity (Wildman–Crippen MR) is 156 cm³/mol. The van der Waals surface area contributed by atoms with Crippen LogP contribution < -0.4 is 14.4 Å². The van der Waals surface area contributed by atoms with Gasteiger partial charge in [-0.3, -0.25) is 9.10 Å². The molecule has 4 rings (SSSR count). The molecule has 1 fully saturated rings. The minimum Gasteiger partial charge on any atom is -0.495 e. The SMILES string of the molecule is COc1ccc(NC(=O)CN(c2cc(Cl)ccc2C)S(=O)(=O)c2ccc(C)cc2)cc1S(=O)(=O)N1CCCCC1. The Balaban J connectivity index is 1.67. The van der Waals surface area contributed by atoms with Gasteiger partial charge in [0.1, 0.15) is 17.2 Å². The first-order chi connectivity index (χ1) is 18.9. The van der Waals surface area contributed by atoms with E-state index in [1.807, 2.05) is 6.92 Å². The number of anilines is 2. The number of hydrogen-bond donors (Lipinski definition) is 1. The number of ether oxygens (including phenoxy) is 1. The number of aryl methyl sites for hydroxylation is 2. The average molecular weight is 606 g/mol. The number of halogens is 1. The van der Waals surface area contributed by atoms with Crippen molar-refractivity contribution in [2.75, 3.05) is 36.4 Å². The van der Waals surface area contributed by atoms with Crippen molar-refractivity contribution in [3.05, 3.63) is 76.8 Å². The molecule has 0 aromatic heterocycles. The van der Waals surface area contributed by atoms with E-state index in [0.29, 0.717) is 23.7 Å². The first-order valence-electron chi connectivity index (χ1n) is 12.8. The minimum absolute atomic E-state index is 0.0182. The highest BCUT2D eigenvalue weighted by atomic mass is 35.5. The number of nitrogens with zero attached hydrogens (tertiary/aromatic N) is 2. The van der Waals surface area contributed by atoms with Crippen molar-refractivity contribution in [3.8, 4) is 5.75 Å². The van der Waals surface area contributed by atoms with Crippen LogP contribution in [0.25, 0.3) is 0 Å². The lowest BCUT2D eigenvalue weighted by atomic mass is 10.2. The maximum Gasteiger partial charge on any atom is 0.264 e. The fourth-order valence-corrected chi connectivity index (χ4v) is 7.86. The summed E-state index contributed by atoms with van der Waals surface area (Å²) in [5.41, 5.74) is 1.94. The van der Waals surface area contributed by atoms with Gasteiger partial charge in [-0.2, -0.15) is 4.31 Å². The molecule has 0 aliphatic carbocycles. The lowest BCUT2D eigenvalue weighted by molar-refractivity contribution is -0.114. The van der Waals surface area contributed by atoms with E-state index in [-0.39, 0.29) is 26.9 Å². The van der Waals surface area contributed by atoms with Crippen molar-refractivity contribution in [3.63, 3.8) is 0 Å². The molecule has 3 aromatic rings. The number of piperidine rings is 1. The Morgan fingerprint density at radius 1 is 0.950 bits per heavy atom. The van der Waals surface area contributed by atoms with Gasteiger partial charge in [0.25, 0.3) is 10.0 Å². The summed E-state index contributed by atoms with van der Waals surface area (Å²) in [5, 5.41) is 2.97. The first-order valence-corrected chi connectivity index (χ1v) is 16.0. The van der Waals surface area contributed by atoms with Gasteiger partial charge in [0.15, 0.2) is 0 Å². The highest BCUT2D eigenvalue weighted by Crippen LogP contribution is 2.32. The van der Waals surface area contributed by atoms with Crippen molar-refractivity contribution in [2.24, 2.45) is 0 Å². The van der Waals surface area contributed by atoms with Crippen LogP contribution in [0.5, 0.6) is 5.75 Å². The third-order valence-electron chi connectivity index (χ3n) is 6.72. The van der Waals surface area contributed by atoms with E-state index in [1.54, 1.807) is 31.2 Å². The molecule has 214 valence electrons. The van der Waals surface area contributed by atoms with Crippen molar-refractivity contribution < 1.29 is 26.4 Å². The summed E-state index contributed by atoms with van der Waals surface area (Å²) < 4.78 is 62.0. The van der Waals surface area contributed by atoms with E-state index in [9.17, 15) is 21.6 Å². The van der Waals surface area contributed by atoms with E-state index in [2.05, 4.69) is 5.32 Å². The Morgan fingerprint density at radius 3 is 2.27 bits per heavy atom. The van der Waals surface area contributed by atoms with Crippen molar-refractivity contribution >= 4 is 48.9 Å². The summed E-state index contributed by atoms with van der Waals surface area (Å²) >= 11 is 6.20. The van der Waals surface area contributed by atoms with E-state index < -0.39 is 32.5 Å². The van der Waals surface area contributed by atoms with Crippen LogP contribution in [0.4, 0.5) is 11.4 Å². The second-order valence-electron chi connectivity index (χ2n) is 9.63. The number of benzene rings is 3. The predicted octanol–water partition coefficient (Wildman–Crippen LogP) is 4.97. The molecule has 0 spiro atoms. The van der Waals surface area contributed by atoms with E-state index in [1.165, 1.54) is 47.8 Å². The minimum atomic E-state index is -4.16. The number of methoxy groups -OCH3 is 1. The van der Waals surface area contributed by atoms with Crippen molar-refractivity contribution in [2.45, 2.75) is 42.9 Å². The molecule has 1 aliphatic rings. The zero-order valence-corrected chi connectivity index (χ0v) is 24.9. The van der Waals surface area contributed by atoms with Crippen LogP contribution in [0.1, 0.15) is 30.4 Å². The van der Waals surface area contributed by atoms with Crippen LogP contribution in [0, 0.1) is 13.8 Å². The standard InChI is InChI=1S/C28H32ClN3O6S2/c1-20-7-12-24(13-8-20)39(34,35)32(25-17-22(29)10-9-21(25)2)19-28(33)30-23-11-14-26(38-3)27(18-23)40(36,37)31-15-5-4-6-16-31/h7-14,17-18H,4-6,15-16,19H2,1-3H3,(H,30,33). The molecule has 0 saturated carbocycles. The number of carbonyl (C=O) groups excluding carboxylic acids is 1. The third kappa shape index (κ3) is 6.43. The van der Waals surface area contributed by atoms with E-state index >= 15 is 0 Å². The largest absolute Gasteiger partial charge is 0.495 e. The van der Waals surface area contributed by atoms with Gasteiger partial charge in [-0.1, -0.05) is 41.8 Å². The second-order valence-corrected chi connectivity index (χ2v) is 13.8. The maximum absolute atomic E-state index is 13.7. The first kappa shape index (κ1) is 29.9. The highest BCUT2D eigenvalue weighted by Gasteiger charge is 2.31. The molecule has 40 heavy (non-hydrogen) atoms. The molecule has 1 aliphatic heterocycles. The number of carbonyl (C=O) groups is 1. The van der Waals surface area contributed by atoms with Crippen LogP contribution in [0.15, 0.2) is 70.5 Å². The lowest BCUT2D eigenvalue weighted by Gasteiger charge is -2.27. The normalized spacial score (nSPS) is 14.5. The summed E-state index contributed by atoms with van der Waals surface area (Å²) in [6.45, 7) is 3.82. The van der Waals surface area contributed by atoms with Gasteiger partial charge in [-0.05, 0) is 74.7 Å². The van der Waals surface area contributed by atoms with E-state index in [4.69, 9.17) is 16.3 Å². The quantitative estimate of drug-likeness (QED) is 0.368. The Kier molecular flexibility index (Phi) is 9.09. The monoisotopic (exact) mass is 605 g/mol. The van der Waals surface area contributed by atoms with Gasteiger partial charge >= 0.3 is 0 Å². The summed E-state index contributed by atoms with van der Waals surface area (Å²) in [6, 6.07) is 15.4. The Bertz CT molecular complexity index is 1600. The molecule has 9 nitrogen and oxygen atoms in total. The molecule has 12 heteroatoms. The van der Waals surface area contributed by atoms with Crippen LogP contribution in [-0.2, 0) is 24.8 Å². The van der Waals surface area contributed by atoms with Crippen LogP contribution in [0.2, 0.25) is 5.02 Å². The summed E-state index contributed by atoms with van der Waals surface area (Å²) in [7, 11) is -6.65. The molecular weight excluding hydrogens is 574 g/mol. The summed E-state index contributed by atoms with van der Waals surface area (Å²) in [6.07, 6.45) is 2.51. The fourth-order valence-electron chi connectivity index (χ4n) is 4.52. The molecule has 1 heterocycles. The molecule has 3 aromatic carbocycles. The maximum atomic E-state index is 13.7. The van der Waals surface area contributed by atoms with Gasteiger partial charge in [-0.15, -0.1) is 0 Å². The van der Waals surface area contributed by atoms with Gasteiger partial charge in [0.2, 0.25) is 15.9 Å². The molecule has 1 amide bonds. The zero-order chi connectivity index (χ0) is 29.1. The number of amides is 1. The van der Waals surface area contributed by atoms with Gasteiger partial charge < -0.3 is 10.1 Å². The smallest absolute Gasteiger partial charge is 0.264 e. The zero-order valence-electron chi connectivity index (χ0n) is 22.6. The molecule has 0 radical (unpaired) electrons. The van der Waals surface area contributed by atoms with Crippen LogP contribution >= 0.6 is 11.6 Å². The number of sulfonamides is 2. The molecule has 0 atom stereocenters. The topological polar surface area (TPSA) is 113 Å².